The summed E-state index contributed by atoms with van der Waals surface area (Å²) in [5.41, 5.74) is 1.87. The van der Waals surface area contributed by atoms with Gasteiger partial charge in [0.25, 0.3) is 0 Å². The van der Waals surface area contributed by atoms with Gasteiger partial charge in [-0.2, -0.15) is 0 Å². The minimum Gasteiger partial charge on any atom is -0.493 e. The van der Waals surface area contributed by atoms with Crippen LogP contribution in [0.5, 0.6) is 11.5 Å². The van der Waals surface area contributed by atoms with E-state index in [9.17, 15) is 0 Å². The third-order valence-corrected chi connectivity index (χ3v) is 3.43. The average Bonchev–Trinajstić information content (AvgIpc) is 2.52. The van der Waals surface area contributed by atoms with E-state index in [1.165, 1.54) is 19.3 Å². The number of benzene rings is 1. The number of unbranched alkanes of at least 4 members (excludes halogenated alkanes) is 3. The second kappa shape index (κ2) is 10.1. The molecular weight excluding hydrogens is 266 g/mol. The molecular formula is C17H27NO3. The van der Waals surface area contributed by atoms with Crippen molar-refractivity contribution < 1.29 is 14.7 Å². The highest BCUT2D eigenvalue weighted by Crippen LogP contribution is 2.28. The maximum Gasteiger partial charge on any atom is 0.161 e. The van der Waals surface area contributed by atoms with E-state index in [-0.39, 0.29) is 0 Å². The minimum absolute atomic E-state index is 0.727. The Bertz CT molecular complexity index is 444. The van der Waals surface area contributed by atoms with Crippen LogP contribution in [0.3, 0.4) is 0 Å². The highest BCUT2D eigenvalue weighted by molar-refractivity contribution is 5.81. The quantitative estimate of drug-likeness (QED) is 0.300. The van der Waals surface area contributed by atoms with Crippen molar-refractivity contribution in [3.8, 4) is 11.5 Å². The Labute approximate surface area is 127 Å². The summed E-state index contributed by atoms with van der Waals surface area (Å²) in [7, 11) is 1.66. The van der Waals surface area contributed by atoms with Crippen LogP contribution < -0.4 is 9.47 Å². The third-order valence-electron chi connectivity index (χ3n) is 3.43. The third kappa shape index (κ3) is 6.52. The lowest BCUT2D eigenvalue weighted by Gasteiger charge is -2.12. The molecule has 0 fully saturated rings. The molecule has 0 amide bonds. The molecule has 4 nitrogen and oxygen atoms in total. The zero-order valence-corrected chi connectivity index (χ0v) is 13.4. The van der Waals surface area contributed by atoms with Gasteiger partial charge in [-0.3, -0.25) is 0 Å². The highest BCUT2D eigenvalue weighted by Gasteiger charge is 2.06. The lowest BCUT2D eigenvalue weighted by atomic mass is 10.1. The second-order valence-corrected chi connectivity index (χ2v) is 5.23. The molecule has 0 aliphatic heterocycles. The molecule has 1 rings (SSSR count). The fraction of sp³-hybridized carbons (Fsp3) is 0.588. The molecule has 21 heavy (non-hydrogen) atoms. The van der Waals surface area contributed by atoms with Crippen molar-refractivity contribution in [2.24, 2.45) is 5.16 Å². The summed E-state index contributed by atoms with van der Waals surface area (Å²) in [6, 6.07) is 5.99. The summed E-state index contributed by atoms with van der Waals surface area (Å²) in [6.07, 6.45) is 6.32. The first-order valence-corrected chi connectivity index (χ1v) is 7.68. The van der Waals surface area contributed by atoms with Crippen LogP contribution in [-0.2, 0) is 6.42 Å². The summed E-state index contributed by atoms with van der Waals surface area (Å²) >= 11 is 0. The van der Waals surface area contributed by atoms with Crippen LogP contribution in [0.2, 0.25) is 0 Å². The molecule has 1 aromatic rings. The topological polar surface area (TPSA) is 51.0 Å². The van der Waals surface area contributed by atoms with Crippen molar-refractivity contribution in [2.75, 3.05) is 13.7 Å². The van der Waals surface area contributed by atoms with Gasteiger partial charge in [-0.1, -0.05) is 37.4 Å². The van der Waals surface area contributed by atoms with Gasteiger partial charge in [0.15, 0.2) is 11.5 Å². The lowest BCUT2D eigenvalue weighted by molar-refractivity contribution is 0.285. The Hall–Kier alpha value is -1.71. The number of rotatable bonds is 10. The Morgan fingerprint density at radius 2 is 2.00 bits per heavy atom. The average molecular weight is 293 g/mol. The van der Waals surface area contributed by atoms with Gasteiger partial charge < -0.3 is 14.7 Å². The SMILES string of the molecule is CCCCCCOc1ccc(CC/C(C)=N/O)cc1OC. The summed E-state index contributed by atoms with van der Waals surface area (Å²) in [5.74, 6) is 1.56. The fourth-order valence-electron chi connectivity index (χ4n) is 2.07. The van der Waals surface area contributed by atoms with Gasteiger partial charge in [0.2, 0.25) is 0 Å². The molecule has 4 heteroatoms. The van der Waals surface area contributed by atoms with Gasteiger partial charge in [-0.25, -0.2) is 0 Å². The molecule has 0 aliphatic rings. The fourth-order valence-corrected chi connectivity index (χ4v) is 2.07. The number of hydrogen-bond acceptors (Lipinski definition) is 4. The minimum atomic E-state index is 0.727. The Morgan fingerprint density at radius 3 is 2.67 bits per heavy atom. The second-order valence-electron chi connectivity index (χ2n) is 5.23. The molecule has 0 bridgehead atoms. The molecule has 1 N–H and O–H groups in total. The molecule has 0 aromatic heterocycles. The Kier molecular flexibility index (Phi) is 8.32. The molecule has 0 saturated heterocycles. The maximum absolute atomic E-state index is 8.66. The van der Waals surface area contributed by atoms with Crippen molar-refractivity contribution in [2.45, 2.75) is 52.4 Å². The number of methoxy groups -OCH3 is 1. The van der Waals surface area contributed by atoms with E-state index < -0.39 is 0 Å². The molecule has 0 radical (unpaired) electrons. The van der Waals surface area contributed by atoms with Crippen LogP contribution in [0.25, 0.3) is 0 Å². The van der Waals surface area contributed by atoms with Crippen molar-refractivity contribution in [1.29, 1.82) is 0 Å². The molecule has 0 spiro atoms. The van der Waals surface area contributed by atoms with Crippen LogP contribution in [0, 0.1) is 0 Å². The number of oxime groups is 1. The van der Waals surface area contributed by atoms with Crippen molar-refractivity contribution >= 4 is 5.71 Å². The van der Waals surface area contributed by atoms with Crippen LogP contribution in [0.1, 0.15) is 51.5 Å². The van der Waals surface area contributed by atoms with Crippen LogP contribution >= 0.6 is 0 Å². The highest BCUT2D eigenvalue weighted by atomic mass is 16.5. The van der Waals surface area contributed by atoms with Crippen LogP contribution in [0.4, 0.5) is 0 Å². The molecule has 1 aromatic carbocycles. The zero-order chi connectivity index (χ0) is 15.5. The number of aryl methyl sites for hydroxylation is 1. The smallest absolute Gasteiger partial charge is 0.161 e. The first kappa shape index (κ1) is 17.3. The predicted octanol–water partition coefficient (Wildman–Crippen LogP) is 4.44. The standard InChI is InChI=1S/C17H27NO3/c1-4-5-6-7-12-21-16-11-10-15(13-17(16)20-3)9-8-14(2)18-19/h10-11,13,19H,4-9,12H2,1-3H3/b18-14+. The zero-order valence-electron chi connectivity index (χ0n) is 13.4. The van der Waals surface area contributed by atoms with E-state index >= 15 is 0 Å². The monoisotopic (exact) mass is 293 g/mol. The number of ether oxygens (including phenoxy) is 2. The summed E-state index contributed by atoms with van der Waals surface area (Å²) in [5, 5.41) is 11.8. The molecule has 0 atom stereocenters. The summed E-state index contributed by atoms with van der Waals surface area (Å²) in [4.78, 5) is 0. The van der Waals surface area contributed by atoms with E-state index in [1.807, 2.05) is 25.1 Å². The molecule has 0 heterocycles. The molecule has 118 valence electrons. The number of hydrogen-bond donors (Lipinski definition) is 1. The first-order chi connectivity index (χ1) is 10.2. The van der Waals surface area contributed by atoms with E-state index in [2.05, 4.69) is 12.1 Å². The van der Waals surface area contributed by atoms with Gasteiger partial charge in [-0.05, 0) is 43.9 Å². The summed E-state index contributed by atoms with van der Waals surface area (Å²) in [6.45, 7) is 4.74. The molecule has 0 unspecified atom stereocenters. The van der Waals surface area contributed by atoms with Crippen LogP contribution in [-0.4, -0.2) is 24.6 Å². The van der Waals surface area contributed by atoms with E-state index in [0.29, 0.717) is 0 Å². The maximum atomic E-state index is 8.66. The molecule has 0 aliphatic carbocycles. The Morgan fingerprint density at radius 1 is 1.19 bits per heavy atom. The normalized spacial score (nSPS) is 11.5. The van der Waals surface area contributed by atoms with E-state index in [1.54, 1.807) is 7.11 Å². The Balaban J connectivity index is 2.53. The van der Waals surface area contributed by atoms with E-state index in [0.717, 1.165) is 48.6 Å². The van der Waals surface area contributed by atoms with Gasteiger partial charge in [0.1, 0.15) is 0 Å². The van der Waals surface area contributed by atoms with Gasteiger partial charge in [0, 0.05) is 0 Å². The number of nitrogens with zero attached hydrogens (tertiary/aromatic N) is 1. The van der Waals surface area contributed by atoms with Crippen molar-refractivity contribution in [3.05, 3.63) is 23.8 Å². The first-order valence-electron chi connectivity index (χ1n) is 7.68. The van der Waals surface area contributed by atoms with Gasteiger partial charge >= 0.3 is 0 Å². The van der Waals surface area contributed by atoms with Crippen molar-refractivity contribution in [3.63, 3.8) is 0 Å². The van der Waals surface area contributed by atoms with Gasteiger partial charge in [0.05, 0.1) is 19.4 Å². The lowest BCUT2D eigenvalue weighted by Crippen LogP contribution is -2.01. The van der Waals surface area contributed by atoms with E-state index in [4.69, 9.17) is 14.7 Å². The largest absolute Gasteiger partial charge is 0.493 e. The van der Waals surface area contributed by atoms with Crippen LogP contribution in [0.15, 0.2) is 23.4 Å². The molecule has 0 saturated carbocycles. The predicted molar refractivity (Wildman–Crippen MR) is 85.8 cm³/mol. The van der Waals surface area contributed by atoms with Crippen molar-refractivity contribution in [1.82, 2.24) is 0 Å². The van der Waals surface area contributed by atoms with Gasteiger partial charge in [-0.15, -0.1) is 0 Å². The summed E-state index contributed by atoms with van der Waals surface area (Å²) < 4.78 is 11.2.